The fourth-order valence-corrected chi connectivity index (χ4v) is 2.38. The molecule has 0 aromatic heterocycles. The molecule has 0 atom stereocenters. The van der Waals surface area contributed by atoms with E-state index in [1.807, 2.05) is 6.92 Å². The Morgan fingerprint density at radius 1 is 0.750 bits per heavy atom. The van der Waals surface area contributed by atoms with Gasteiger partial charge in [-0.05, 0) is 18.6 Å². The summed E-state index contributed by atoms with van der Waals surface area (Å²) in [4.78, 5) is 0. The molecule has 0 aliphatic rings. The van der Waals surface area contributed by atoms with E-state index in [4.69, 9.17) is 0 Å². The summed E-state index contributed by atoms with van der Waals surface area (Å²) in [7, 11) is 0. The zero-order valence-corrected chi connectivity index (χ0v) is 12.0. The molecule has 16 heavy (non-hydrogen) atoms. The van der Waals surface area contributed by atoms with Gasteiger partial charge in [-0.25, -0.2) is 0 Å². The molecule has 0 aliphatic heterocycles. The van der Waals surface area contributed by atoms with Crippen LogP contribution in [0.25, 0.3) is 0 Å². The smallest absolute Gasteiger partial charge is 0.00566 e. The Bertz CT molecular complexity index is 176. The molecular weight excluding hydrogens is 212 g/mol. The number of rotatable bonds is 11. The highest BCUT2D eigenvalue weighted by molar-refractivity contribution is 8.03. The van der Waals surface area contributed by atoms with Crippen LogP contribution in [-0.4, -0.2) is 5.75 Å². The highest BCUT2D eigenvalue weighted by Gasteiger charge is 1.92. The van der Waals surface area contributed by atoms with Gasteiger partial charge in [0.15, 0.2) is 0 Å². The van der Waals surface area contributed by atoms with Crippen molar-refractivity contribution in [2.45, 2.75) is 78.1 Å². The fourth-order valence-electron chi connectivity index (χ4n) is 1.78. The third-order valence-electron chi connectivity index (χ3n) is 2.77. The van der Waals surface area contributed by atoms with Crippen LogP contribution in [0.4, 0.5) is 0 Å². The summed E-state index contributed by atoms with van der Waals surface area (Å²) < 4.78 is 0. The van der Waals surface area contributed by atoms with Gasteiger partial charge in [0, 0.05) is 5.75 Å². The molecule has 0 nitrogen and oxygen atoms in total. The molecule has 0 amide bonds. The molecule has 0 rings (SSSR count). The predicted octanol–water partition coefficient (Wildman–Crippen LogP) is 5.62. The summed E-state index contributed by atoms with van der Waals surface area (Å²) in [5.41, 5.74) is 0. The van der Waals surface area contributed by atoms with Crippen LogP contribution in [0.3, 0.4) is 0 Å². The van der Waals surface area contributed by atoms with Gasteiger partial charge in [-0.2, -0.15) is 0 Å². The predicted molar refractivity (Wildman–Crippen MR) is 77.8 cm³/mol. The van der Waals surface area contributed by atoms with Crippen molar-refractivity contribution >= 4 is 11.8 Å². The highest BCUT2D eigenvalue weighted by atomic mass is 32.2. The van der Waals surface area contributed by atoms with E-state index < -0.39 is 0 Å². The number of hydrogen-bond donors (Lipinski definition) is 0. The monoisotopic (exact) mass is 240 g/mol. The van der Waals surface area contributed by atoms with Crippen molar-refractivity contribution < 1.29 is 0 Å². The first-order valence-corrected chi connectivity index (χ1v) is 7.94. The Morgan fingerprint density at radius 2 is 1.25 bits per heavy atom. The molecule has 0 saturated carbocycles. The highest BCUT2D eigenvalue weighted by Crippen LogP contribution is 2.11. The van der Waals surface area contributed by atoms with Crippen LogP contribution in [-0.2, 0) is 0 Å². The lowest BCUT2D eigenvalue weighted by Crippen LogP contribution is -1.83. The van der Waals surface area contributed by atoms with E-state index in [0.29, 0.717) is 0 Å². The van der Waals surface area contributed by atoms with Gasteiger partial charge >= 0.3 is 0 Å². The summed E-state index contributed by atoms with van der Waals surface area (Å²) >= 11 is 1.77. The van der Waals surface area contributed by atoms with Crippen molar-refractivity contribution in [1.82, 2.24) is 0 Å². The molecule has 0 unspecified atom stereocenters. The van der Waals surface area contributed by atoms with Gasteiger partial charge in [-0.15, -0.1) is 0 Å². The van der Waals surface area contributed by atoms with Crippen LogP contribution in [0.15, 0.2) is 0 Å². The lowest BCUT2D eigenvalue weighted by molar-refractivity contribution is 0.563. The van der Waals surface area contributed by atoms with Crippen LogP contribution in [0.5, 0.6) is 0 Å². The molecular formula is C15H28S. The van der Waals surface area contributed by atoms with Crippen LogP contribution in [0.1, 0.15) is 78.1 Å². The summed E-state index contributed by atoms with van der Waals surface area (Å²) in [6, 6.07) is 0. The summed E-state index contributed by atoms with van der Waals surface area (Å²) in [6.07, 6.45) is 14.2. The molecule has 1 heteroatoms. The first-order chi connectivity index (χ1) is 7.91. The lowest BCUT2D eigenvalue weighted by atomic mass is 10.1. The Labute approximate surface area is 107 Å². The third-order valence-corrected chi connectivity index (χ3v) is 3.62. The fraction of sp³-hybridized carbons (Fsp3) is 0.867. The van der Waals surface area contributed by atoms with Gasteiger partial charge in [0.2, 0.25) is 0 Å². The maximum atomic E-state index is 3.05. The molecule has 0 aromatic carbocycles. The number of thioether (sulfide) groups is 1. The number of hydrogen-bond acceptors (Lipinski definition) is 1. The van der Waals surface area contributed by atoms with Crippen molar-refractivity contribution in [2.75, 3.05) is 5.75 Å². The van der Waals surface area contributed by atoms with Crippen molar-refractivity contribution in [1.29, 1.82) is 0 Å². The van der Waals surface area contributed by atoms with E-state index in [9.17, 15) is 0 Å². The Kier molecular flexibility index (Phi) is 14.8. The van der Waals surface area contributed by atoms with E-state index in [-0.39, 0.29) is 0 Å². The maximum Gasteiger partial charge on any atom is 0.00566 e. The molecule has 0 saturated heterocycles. The van der Waals surface area contributed by atoms with Crippen LogP contribution in [0, 0.1) is 11.2 Å². The SMILES string of the molecule is CC#CSCCCCCCCCCCCC. The van der Waals surface area contributed by atoms with E-state index >= 15 is 0 Å². The molecule has 0 bridgehead atoms. The van der Waals surface area contributed by atoms with Gasteiger partial charge in [-0.1, -0.05) is 82.4 Å². The first kappa shape index (κ1) is 15.9. The summed E-state index contributed by atoms with van der Waals surface area (Å²) in [5.74, 6) is 4.14. The topological polar surface area (TPSA) is 0 Å². The average molecular weight is 240 g/mol. The minimum Gasteiger partial charge on any atom is -0.0947 e. The molecule has 0 N–H and O–H groups in total. The molecule has 0 aliphatic carbocycles. The van der Waals surface area contributed by atoms with Gasteiger partial charge < -0.3 is 0 Å². The minimum atomic E-state index is 1.22. The van der Waals surface area contributed by atoms with Gasteiger partial charge in [0.25, 0.3) is 0 Å². The lowest BCUT2D eigenvalue weighted by Gasteiger charge is -2.01. The van der Waals surface area contributed by atoms with Gasteiger partial charge in [0.1, 0.15) is 0 Å². The van der Waals surface area contributed by atoms with E-state index in [0.717, 1.165) is 0 Å². The summed E-state index contributed by atoms with van der Waals surface area (Å²) in [6.45, 7) is 4.19. The summed E-state index contributed by atoms with van der Waals surface area (Å²) in [5, 5.41) is 3.05. The van der Waals surface area contributed by atoms with Crippen molar-refractivity contribution in [3.63, 3.8) is 0 Å². The van der Waals surface area contributed by atoms with Crippen LogP contribution < -0.4 is 0 Å². The van der Waals surface area contributed by atoms with E-state index in [1.54, 1.807) is 11.8 Å². The number of unbranched alkanes of at least 4 members (excludes halogenated alkanes) is 9. The largest absolute Gasteiger partial charge is 0.0947 e. The quantitative estimate of drug-likeness (QED) is 0.333. The minimum absolute atomic E-state index is 1.22. The standard InChI is InChI=1S/C15H28S/c1-3-5-6-7-8-9-10-11-12-13-15-16-14-4-2/h3,5-13,15H2,1-2H3. The maximum absolute atomic E-state index is 3.05. The second-order valence-corrected chi connectivity index (χ2v) is 5.28. The molecule has 0 heterocycles. The van der Waals surface area contributed by atoms with Crippen LogP contribution >= 0.6 is 11.8 Å². The molecule has 0 radical (unpaired) electrons. The molecule has 0 aromatic rings. The van der Waals surface area contributed by atoms with Crippen molar-refractivity contribution in [2.24, 2.45) is 0 Å². The van der Waals surface area contributed by atoms with Gasteiger partial charge in [0.05, 0.1) is 0 Å². The Morgan fingerprint density at radius 3 is 1.75 bits per heavy atom. The first-order valence-electron chi connectivity index (χ1n) is 6.95. The molecule has 94 valence electrons. The third kappa shape index (κ3) is 13.9. The van der Waals surface area contributed by atoms with Crippen molar-refractivity contribution in [3.05, 3.63) is 0 Å². The Hall–Kier alpha value is -0.0900. The normalized spacial score (nSPS) is 9.88. The van der Waals surface area contributed by atoms with E-state index in [1.165, 1.54) is 70.0 Å². The van der Waals surface area contributed by atoms with Gasteiger partial charge in [-0.3, -0.25) is 0 Å². The second-order valence-electron chi connectivity index (χ2n) is 4.38. The molecule has 0 fully saturated rings. The Balaban J connectivity index is 2.89. The van der Waals surface area contributed by atoms with Crippen molar-refractivity contribution in [3.8, 4) is 11.2 Å². The zero-order chi connectivity index (χ0) is 11.9. The second kappa shape index (κ2) is 14.9. The van der Waals surface area contributed by atoms with Crippen LogP contribution in [0.2, 0.25) is 0 Å². The average Bonchev–Trinajstić information content (AvgIpc) is 2.31. The molecule has 0 spiro atoms. The zero-order valence-electron chi connectivity index (χ0n) is 11.2. The van der Waals surface area contributed by atoms with E-state index in [2.05, 4.69) is 18.1 Å².